The van der Waals surface area contributed by atoms with Crippen molar-refractivity contribution in [2.75, 3.05) is 0 Å². The molecule has 0 spiro atoms. The molecule has 0 amide bonds. The summed E-state index contributed by atoms with van der Waals surface area (Å²) in [5.41, 5.74) is 2.05. The van der Waals surface area contributed by atoms with Gasteiger partial charge in [0, 0.05) is 5.56 Å². The lowest BCUT2D eigenvalue weighted by atomic mass is 10.0. The van der Waals surface area contributed by atoms with Crippen LogP contribution in [0.25, 0.3) is 17.0 Å². The van der Waals surface area contributed by atoms with E-state index >= 15 is 0 Å². The Labute approximate surface area is 116 Å². The summed E-state index contributed by atoms with van der Waals surface area (Å²) < 4.78 is 0. The van der Waals surface area contributed by atoms with Crippen LogP contribution >= 0.6 is 11.6 Å². The normalized spacial score (nSPS) is 14.3. The Balaban J connectivity index is 2.06. The van der Waals surface area contributed by atoms with Gasteiger partial charge in [0.15, 0.2) is 11.6 Å². The monoisotopic (exact) mass is 269 g/mol. The third-order valence-electron chi connectivity index (χ3n) is 2.94. The zero-order valence-corrected chi connectivity index (χ0v) is 11.0. The lowest BCUT2D eigenvalue weighted by Gasteiger charge is -2.09. The van der Waals surface area contributed by atoms with E-state index in [4.69, 9.17) is 11.6 Å². The molecule has 19 heavy (non-hydrogen) atoms. The largest absolute Gasteiger partial charge is 0.226 e. The van der Waals surface area contributed by atoms with Crippen molar-refractivity contribution >= 4 is 17.2 Å². The van der Waals surface area contributed by atoms with Gasteiger partial charge >= 0.3 is 0 Å². The van der Waals surface area contributed by atoms with E-state index in [0.29, 0.717) is 11.6 Å². The van der Waals surface area contributed by atoms with Crippen LogP contribution in [0.1, 0.15) is 18.7 Å². The second-order valence-corrected chi connectivity index (χ2v) is 4.61. The zero-order chi connectivity index (χ0) is 13.1. The van der Waals surface area contributed by atoms with Crippen LogP contribution < -0.4 is 0 Å². The van der Waals surface area contributed by atoms with Crippen LogP contribution in [0.3, 0.4) is 0 Å². The summed E-state index contributed by atoms with van der Waals surface area (Å²) in [5, 5.41) is 0.235. The fraction of sp³-hybridized carbons (Fsp3) is 0.133. The number of hydrogen-bond donors (Lipinski definition) is 0. The summed E-state index contributed by atoms with van der Waals surface area (Å²) in [6.45, 7) is 0. The van der Waals surface area contributed by atoms with Crippen molar-refractivity contribution in [3.8, 4) is 11.4 Å². The van der Waals surface area contributed by atoms with Crippen molar-refractivity contribution in [2.45, 2.75) is 12.8 Å². The average molecular weight is 270 g/mol. The minimum Gasteiger partial charge on any atom is -0.208 e. The van der Waals surface area contributed by atoms with E-state index in [0.717, 1.165) is 24.0 Å². The average Bonchev–Trinajstić information content (AvgIpc) is 2.48. The van der Waals surface area contributed by atoms with Gasteiger partial charge in [-0.3, -0.25) is 0 Å². The highest BCUT2D eigenvalue weighted by molar-refractivity contribution is 6.28. The third kappa shape index (κ3) is 2.71. The van der Waals surface area contributed by atoms with Crippen LogP contribution in [0.2, 0.25) is 5.28 Å². The molecule has 0 fully saturated rings. The molecule has 0 saturated carbocycles. The van der Waals surface area contributed by atoms with Gasteiger partial charge in [0.25, 0.3) is 0 Å². The van der Waals surface area contributed by atoms with E-state index in [2.05, 4.69) is 21.0 Å². The SMILES string of the molecule is Clc1nc(C2=CC=CCC2)nc(-c2ccccc2)n1. The van der Waals surface area contributed by atoms with Gasteiger partial charge in [-0.25, -0.2) is 4.98 Å². The van der Waals surface area contributed by atoms with E-state index in [1.165, 1.54) is 0 Å². The van der Waals surface area contributed by atoms with Gasteiger partial charge in [0.2, 0.25) is 5.28 Å². The first kappa shape index (κ1) is 12.1. The van der Waals surface area contributed by atoms with Gasteiger partial charge in [-0.05, 0) is 30.0 Å². The topological polar surface area (TPSA) is 38.7 Å². The Morgan fingerprint density at radius 2 is 1.74 bits per heavy atom. The van der Waals surface area contributed by atoms with Crippen LogP contribution in [-0.2, 0) is 0 Å². The van der Waals surface area contributed by atoms with Crippen LogP contribution in [0.5, 0.6) is 0 Å². The molecule has 3 rings (SSSR count). The maximum atomic E-state index is 6.01. The predicted molar refractivity (Wildman–Crippen MR) is 76.6 cm³/mol. The third-order valence-corrected chi connectivity index (χ3v) is 3.11. The molecular weight excluding hydrogens is 258 g/mol. The number of benzene rings is 1. The standard InChI is InChI=1S/C15H12ClN3/c16-15-18-13(11-7-3-1-4-8-11)17-14(19-15)12-9-5-2-6-10-12/h1-5,7-9H,6,10H2. The Kier molecular flexibility index (Phi) is 3.38. The van der Waals surface area contributed by atoms with Crippen LogP contribution in [-0.4, -0.2) is 15.0 Å². The predicted octanol–water partition coefficient (Wildman–Crippen LogP) is 3.93. The maximum absolute atomic E-state index is 6.01. The van der Waals surface area contributed by atoms with Crippen LogP contribution in [0.15, 0.2) is 48.6 Å². The second kappa shape index (κ2) is 5.33. The van der Waals surface area contributed by atoms with Crippen molar-refractivity contribution < 1.29 is 0 Å². The number of hydrogen-bond acceptors (Lipinski definition) is 3. The molecule has 3 nitrogen and oxygen atoms in total. The minimum absolute atomic E-state index is 0.235. The van der Waals surface area contributed by atoms with E-state index in [1.54, 1.807) is 0 Å². The Morgan fingerprint density at radius 3 is 2.47 bits per heavy atom. The Morgan fingerprint density at radius 1 is 0.947 bits per heavy atom. The summed E-state index contributed by atoms with van der Waals surface area (Å²) in [5.74, 6) is 1.29. The summed E-state index contributed by atoms with van der Waals surface area (Å²) in [7, 11) is 0. The molecule has 0 atom stereocenters. The molecule has 1 heterocycles. The van der Waals surface area contributed by atoms with Crippen molar-refractivity contribution in [1.29, 1.82) is 0 Å². The van der Waals surface area contributed by atoms with Crippen LogP contribution in [0.4, 0.5) is 0 Å². The molecule has 1 aliphatic rings. The highest BCUT2D eigenvalue weighted by atomic mass is 35.5. The lowest BCUT2D eigenvalue weighted by molar-refractivity contribution is 0.973. The van der Waals surface area contributed by atoms with Gasteiger partial charge in [0.05, 0.1) is 0 Å². The molecule has 0 bridgehead atoms. The van der Waals surface area contributed by atoms with Crippen molar-refractivity contribution in [2.24, 2.45) is 0 Å². The van der Waals surface area contributed by atoms with E-state index in [9.17, 15) is 0 Å². The molecule has 4 heteroatoms. The first-order valence-electron chi connectivity index (χ1n) is 6.16. The number of aromatic nitrogens is 3. The molecule has 0 aliphatic heterocycles. The molecule has 1 aromatic carbocycles. The molecule has 1 aromatic heterocycles. The lowest BCUT2D eigenvalue weighted by Crippen LogP contribution is -2.01. The molecular formula is C15H12ClN3. The zero-order valence-electron chi connectivity index (χ0n) is 10.3. The van der Waals surface area contributed by atoms with Crippen molar-refractivity contribution in [3.05, 3.63) is 59.7 Å². The highest BCUT2D eigenvalue weighted by Gasteiger charge is 2.11. The molecule has 0 unspecified atom stereocenters. The summed E-state index contributed by atoms with van der Waals surface area (Å²) in [6, 6.07) is 9.79. The first-order chi connectivity index (χ1) is 9.33. The van der Waals surface area contributed by atoms with Crippen LogP contribution in [0, 0.1) is 0 Å². The molecule has 0 saturated heterocycles. The van der Waals surface area contributed by atoms with Gasteiger partial charge in [-0.2, -0.15) is 9.97 Å². The van der Waals surface area contributed by atoms with Gasteiger partial charge < -0.3 is 0 Å². The smallest absolute Gasteiger partial charge is 0.208 e. The van der Waals surface area contributed by atoms with Gasteiger partial charge in [-0.15, -0.1) is 0 Å². The molecule has 2 aromatic rings. The fourth-order valence-electron chi connectivity index (χ4n) is 2.00. The van der Waals surface area contributed by atoms with Gasteiger partial charge in [0.1, 0.15) is 0 Å². The summed E-state index contributed by atoms with van der Waals surface area (Å²) in [4.78, 5) is 12.9. The highest BCUT2D eigenvalue weighted by Crippen LogP contribution is 2.23. The maximum Gasteiger partial charge on any atom is 0.226 e. The molecule has 0 N–H and O–H groups in total. The Bertz CT molecular complexity index is 648. The fourth-order valence-corrected chi connectivity index (χ4v) is 2.16. The van der Waals surface area contributed by atoms with Gasteiger partial charge in [-0.1, -0.05) is 48.6 Å². The van der Waals surface area contributed by atoms with E-state index in [-0.39, 0.29) is 5.28 Å². The molecule has 94 valence electrons. The number of halogens is 1. The number of nitrogens with zero attached hydrogens (tertiary/aromatic N) is 3. The van der Waals surface area contributed by atoms with E-state index in [1.807, 2.05) is 42.5 Å². The van der Waals surface area contributed by atoms with Crippen molar-refractivity contribution in [3.63, 3.8) is 0 Å². The quantitative estimate of drug-likeness (QED) is 0.829. The molecule has 1 aliphatic carbocycles. The number of allylic oxidation sites excluding steroid dienone is 4. The number of rotatable bonds is 2. The van der Waals surface area contributed by atoms with E-state index < -0.39 is 0 Å². The Hall–Kier alpha value is -2.00. The first-order valence-corrected chi connectivity index (χ1v) is 6.54. The summed E-state index contributed by atoms with van der Waals surface area (Å²) >= 11 is 6.01. The minimum atomic E-state index is 0.235. The summed E-state index contributed by atoms with van der Waals surface area (Å²) in [6.07, 6.45) is 8.13. The molecule has 0 radical (unpaired) electrons. The second-order valence-electron chi connectivity index (χ2n) is 4.28. The van der Waals surface area contributed by atoms with Crippen molar-refractivity contribution in [1.82, 2.24) is 15.0 Å².